The number of aromatic nitrogens is 2. The van der Waals surface area contributed by atoms with Crippen molar-refractivity contribution in [2.45, 2.75) is 46.6 Å². The molecule has 1 N–H and O–H groups in total. The molecule has 16 heavy (non-hydrogen) atoms. The van der Waals surface area contributed by atoms with Gasteiger partial charge in [0.05, 0.1) is 11.7 Å². The Labute approximate surface area is 98.7 Å². The molecule has 0 aliphatic carbocycles. The Morgan fingerprint density at radius 2 is 1.94 bits per heavy atom. The predicted octanol–water partition coefficient (Wildman–Crippen LogP) is 2.87. The molecule has 0 fully saturated rings. The lowest BCUT2D eigenvalue weighted by molar-refractivity contribution is 0.339. The summed E-state index contributed by atoms with van der Waals surface area (Å²) < 4.78 is 0. The first-order chi connectivity index (χ1) is 7.72. The van der Waals surface area contributed by atoms with Crippen molar-refractivity contribution in [1.29, 1.82) is 0 Å². The molecule has 0 saturated carbocycles. The van der Waals surface area contributed by atoms with E-state index >= 15 is 0 Å². The van der Waals surface area contributed by atoms with Crippen LogP contribution >= 0.6 is 0 Å². The number of nitrogens with one attached hydrogen (secondary N) is 1. The van der Waals surface area contributed by atoms with Crippen LogP contribution in [0.15, 0.2) is 12.3 Å². The second kappa shape index (κ2) is 6.59. The van der Waals surface area contributed by atoms with Crippen molar-refractivity contribution in [2.75, 3.05) is 6.54 Å². The van der Waals surface area contributed by atoms with Gasteiger partial charge in [0.25, 0.3) is 0 Å². The van der Waals surface area contributed by atoms with Crippen LogP contribution in [-0.4, -0.2) is 16.5 Å². The summed E-state index contributed by atoms with van der Waals surface area (Å²) in [4.78, 5) is 8.69. The van der Waals surface area contributed by atoms with Gasteiger partial charge in [0, 0.05) is 6.20 Å². The molecule has 0 bridgehead atoms. The van der Waals surface area contributed by atoms with Gasteiger partial charge in [-0.2, -0.15) is 0 Å². The average Bonchev–Trinajstić information content (AvgIpc) is 2.29. The fraction of sp³-hybridized carbons (Fsp3) is 0.692. The van der Waals surface area contributed by atoms with Crippen molar-refractivity contribution in [3.63, 3.8) is 0 Å². The van der Waals surface area contributed by atoms with Gasteiger partial charge in [-0.3, -0.25) is 0 Å². The van der Waals surface area contributed by atoms with E-state index in [9.17, 15) is 0 Å². The van der Waals surface area contributed by atoms with E-state index < -0.39 is 0 Å². The van der Waals surface area contributed by atoms with E-state index in [1.165, 1.54) is 12.8 Å². The van der Waals surface area contributed by atoms with Crippen LogP contribution in [0.5, 0.6) is 0 Å². The minimum absolute atomic E-state index is 0.363. The van der Waals surface area contributed by atoms with Crippen LogP contribution < -0.4 is 5.32 Å². The topological polar surface area (TPSA) is 37.8 Å². The van der Waals surface area contributed by atoms with Crippen molar-refractivity contribution < 1.29 is 0 Å². The Morgan fingerprint density at radius 3 is 2.44 bits per heavy atom. The van der Waals surface area contributed by atoms with Crippen molar-refractivity contribution in [1.82, 2.24) is 15.3 Å². The summed E-state index contributed by atoms with van der Waals surface area (Å²) in [6, 6.07) is 2.39. The zero-order chi connectivity index (χ0) is 12.0. The van der Waals surface area contributed by atoms with Crippen molar-refractivity contribution in [2.24, 2.45) is 5.92 Å². The number of hydrogen-bond donors (Lipinski definition) is 1. The quantitative estimate of drug-likeness (QED) is 0.802. The Morgan fingerprint density at radius 1 is 1.25 bits per heavy atom. The maximum atomic E-state index is 4.54. The molecule has 0 radical (unpaired) electrons. The third-order valence-corrected chi connectivity index (χ3v) is 3.06. The standard InChI is InChI=1S/C13H23N3/c1-5-11(6-2)13(14-7-3)12-8-9-15-10(4)16-12/h8-9,11,13-14H,5-7H2,1-4H3. The van der Waals surface area contributed by atoms with Crippen LogP contribution in [0.3, 0.4) is 0 Å². The molecule has 0 aromatic carbocycles. The average molecular weight is 221 g/mol. The van der Waals surface area contributed by atoms with Gasteiger partial charge in [0.1, 0.15) is 5.82 Å². The first kappa shape index (κ1) is 13.1. The van der Waals surface area contributed by atoms with Crippen LogP contribution in [-0.2, 0) is 0 Å². The highest BCUT2D eigenvalue weighted by Crippen LogP contribution is 2.25. The van der Waals surface area contributed by atoms with Gasteiger partial charge in [0.15, 0.2) is 0 Å². The summed E-state index contributed by atoms with van der Waals surface area (Å²) in [7, 11) is 0. The number of aryl methyl sites for hydroxylation is 1. The molecular formula is C13H23N3. The van der Waals surface area contributed by atoms with Gasteiger partial charge in [0.2, 0.25) is 0 Å². The summed E-state index contributed by atoms with van der Waals surface area (Å²) in [5.41, 5.74) is 1.13. The largest absolute Gasteiger partial charge is 0.309 e. The highest BCUT2D eigenvalue weighted by molar-refractivity contribution is 5.08. The van der Waals surface area contributed by atoms with E-state index in [2.05, 4.69) is 36.1 Å². The zero-order valence-electron chi connectivity index (χ0n) is 10.8. The van der Waals surface area contributed by atoms with E-state index in [1.807, 2.05) is 19.2 Å². The predicted molar refractivity (Wildman–Crippen MR) is 67.3 cm³/mol. The fourth-order valence-corrected chi connectivity index (χ4v) is 2.14. The van der Waals surface area contributed by atoms with E-state index in [1.54, 1.807) is 0 Å². The van der Waals surface area contributed by atoms with Gasteiger partial charge >= 0.3 is 0 Å². The van der Waals surface area contributed by atoms with E-state index in [4.69, 9.17) is 0 Å². The normalized spacial score (nSPS) is 13.1. The van der Waals surface area contributed by atoms with Crippen LogP contribution in [0.1, 0.15) is 51.2 Å². The molecule has 0 aliphatic heterocycles. The van der Waals surface area contributed by atoms with Gasteiger partial charge in [-0.15, -0.1) is 0 Å². The number of rotatable bonds is 6. The third kappa shape index (κ3) is 3.27. The summed E-state index contributed by atoms with van der Waals surface area (Å²) in [6.07, 6.45) is 4.21. The first-order valence-corrected chi connectivity index (χ1v) is 6.25. The Hall–Kier alpha value is -0.960. The SMILES string of the molecule is CCNC(c1ccnc(C)n1)C(CC)CC. The molecule has 1 unspecified atom stereocenters. The molecule has 0 spiro atoms. The molecular weight excluding hydrogens is 198 g/mol. The second-order valence-electron chi connectivity index (χ2n) is 4.14. The van der Waals surface area contributed by atoms with E-state index in [0.717, 1.165) is 18.1 Å². The molecule has 0 aliphatic rings. The fourth-order valence-electron chi connectivity index (χ4n) is 2.14. The molecule has 3 heteroatoms. The molecule has 3 nitrogen and oxygen atoms in total. The second-order valence-corrected chi connectivity index (χ2v) is 4.14. The minimum Gasteiger partial charge on any atom is -0.309 e. The summed E-state index contributed by atoms with van der Waals surface area (Å²) in [5, 5.41) is 3.54. The molecule has 0 saturated heterocycles. The van der Waals surface area contributed by atoms with Crippen molar-refractivity contribution in [3.8, 4) is 0 Å². The number of hydrogen-bond acceptors (Lipinski definition) is 3. The van der Waals surface area contributed by atoms with E-state index in [-0.39, 0.29) is 0 Å². The zero-order valence-corrected chi connectivity index (χ0v) is 10.8. The molecule has 1 aromatic rings. The van der Waals surface area contributed by atoms with Gasteiger partial charge in [-0.1, -0.05) is 33.6 Å². The maximum absolute atomic E-state index is 4.54. The lowest BCUT2D eigenvalue weighted by atomic mass is 9.91. The van der Waals surface area contributed by atoms with Gasteiger partial charge in [-0.05, 0) is 25.5 Å². The Kier molecular flexibility index (Phi) is 5.39. The van der Waals surface area contributed by atoms with Gasteiger partial charge in [-0.25, -0.2) is 9.97 Å². The smallest absolute Gasteiger partial charge is 0.125 e. The Bertz CT molecular complexity index is 308. The van der Waals surface area contributed by atoms with Gasteiger partial charge < -0.3 is 5.32 Å². The van der Waals surface area contributed by atoms with Crippen molar-refractivity contribution in [3.05, 3.63) is 23.8 Å². The minimum atomic E-state index is 0.363. The van der Waals surface area contributed by atoms with Crippen LogP contribution in [0, 0.1) is 12.8 Å². The van der Waals surface area contributed by atoms with Crippen LogP contribution in [0.25, 0.3) is 0 Å². The highest BCUT2D eigenvalue weighted by Gasteiger charge is 2.20. The molecule has 1 heterocycles. The maximum Gasteiger partial charge on any atom is 0.125 e. The third-order valence-electron chi connectivity index (χ3n) is 3.06. The summed E-state index contributed by atoms with van der Waals surface area (Å²) in [5.74, 6) is 1.50. The van der Waals surface area contributed by atoms with Crippen LogP contribution in [0.2, 0.25) is 0 Å². The molecule has 1 rings (SSSR count). The molecule has 0 amide bonds. The van der Waals surface area contributed by atoms with Crippen molar-refractivity contribution >= 4 is 0 Å². The summed E-state index contributed by atoms with van der Waals surface area (Å²) >= 11 is 0. The Balaban J connectivity index is 2.91. The summed E-state index contributed by atoms with van der Waals surface area (Å²) in [6.45, 7) is 9.55. The highest BCUT2D eigenvalue weighted by atomic mass is 15.0. The lowest BCUT2D eigenvalue weighted by Gasteiger charge is -2.25. The molecule has 1 aromatic heterocycles. The molecule has 90 valence electrons. The first-order valence-electron chi connectivity index (χ1n) is 6.25. The van der Waals surface area contributed by atoms with E-state index in [0.29, 0.717) is 12.0 Å². The monoisotopic (exact) mass is 221 g/mol. The van der Waals surface area contributed by atoms with Crippen LogP contribution in [0.4, 0.5) is 0 Å². The molecule has 1 atom stereocenters. The lowest BCUT2D eigenvalue weighted by Crippen LogP contribution is -2.28. The number of nitrogens with zero attached hydrogens (tertiary/aromatic N) is 2.